The number of anilines is 1. The van der Waals surface area contributed by atoms with Crippen molar-refractivity contribution < 1.29 is 9.90 Å². The van der Waals surface area contributed by atoms with E-state index in [0.29, 0.717) is 10.7 Å². The standard InChI is InChI=1S/C15H21ClN2O2/c1-10-5-6-11(8-12(10)16)17-14(20)18-13-4-3-7-15(13,2)9-19/h5-6,8,13,19H,3-4,7,9H2,1-2H3,(H2,17,18,20)/t13-,15+/m1/s1. The number of hydrogen-bond donors (Lipinski definition) is 3. The van der Waals surface area contributed by atoms with Crippen molar-refractivity contribution in [3.8, 4) is 0 Å². The average molecular weight is 297 g/mol. The molecule has 5 heteroatoms. The summed E-state index contributed by atoms with van der Waals surface area (Å²) in [5.41, 5.74) is 1.42. The molecule has 0 unspecified atom stereocenters. The second-order valence-electron chi connectivity index (χ2n) is 5.82. The quantitative estimate of drug-likeness (QED) is 0.801. The van der Waals surface area contributed by atoms with Crippen LogP contribution in [-0.2, 0) is 0 Å². The molecule has 0 spiro atoms. The zero-order chi connectivity index (χ0) is 14.8. The Bertz CT molecular complexity index is 507. The van der Waals surface area contributed by atoms with Crippen molar-refractivity contribution >= 4 is 23.3 Å². The van der Waals surface area contributed by atoms with Crippen molar-refractivity contribution in [1.29, 1.82) is 0 Å². The van der Waals surface area contributed by atoms with Crippen LogP contribution in [0.3, 0.4) is 0 Å². The third kappa shape index (κ3) is 3.25. The number of carbonyl (C=O) groups excluding carboxylic acids is 1. The number of nitrogens with one attached hydrogen (secondary N) is 2. The third-order valence-corrected chi connectivity index (χ3v) is 4.59. The van der Waals surface area contributed by atoms with Gasteiger partial charge >= 0.3 is 6.03 Å². The first-order chi connectivity index (χ1) is 9.44. The smallest absolute Gasteiger partial charge is 0.319 e. The highest BCUT2D eigenvalue weighted by Crippen LogP contribution is 2.37. The number of carbonyl (C=O) groups is 1. The molecule has 0 aliphatic heterocycles. The van der Waals surface area contributed by atoms with Gasteiger partial charge in [0, 0.05) is 22.2 Å². The number of rotatable bonds is 3. The SMILES string of the molecule is Cc1ccc(NC(=O)N[C@@H]2CCC[C@@]2(C)CO)cc1Cl. The molecular weight excluding hydrogens is 276 g/mol. The number of halogens is 1. The Balaban J connectivity index is 1.97. The summed E-state index contributed by atoms with van der Waals surface area (Å²) in [6.45, 7) is 4.01. The van der Waals surface area contributed by atoms with Gasteiger partial charge in [0.15, 0.2) is 0 Å². The minimum absolute atomic E-state index is 0.00780. The van der Waals surface area contributed by atoms with Crippen LogP contribution < -0.4 is 10.6 Å². The zero-order valence-corrected chi connectivity index (χ0v) is 12.6. The fraction of sp³-hybridized carbons (Fsp3) is 0.533. The highest BCUT2D eigenvalue weighted by molar-refractivity contribution is 6.31. The molecule has 1 aliphatic rings. The van der Waals surface area contributed by atoms with Gasteiger partial charge in [-0.1, -0.05) is 31.0 Å². The lowest BCUT2D eigenvalue weighted by Gasteiger charge is -2.30. The van der Waals surface area contributed by atoms with Crippen LogP contribution in [0.25, 0.3) is 0 Å². The lowest BCUT2D eigenvalue weighted by Crippen LogP contribution is -2.46. The predicted molar refractivity (Wildman–Crippen MR) is 81.2 cm³/mol. The molecule has 1 aliphatic carbocycles. The van der Waals surface area contributed by atoms with Crippen LogP contribution in [0.4, 0.5) is 10.5 Å². The van der Waals surface area contributed by atoms with Crippen LogP contribution in [0.2, 0.25) is 5.02 Å². The highest BCUT2D eigenvalue weighted by atomic mass is 35.5. The highest BCUT2D eigenvalue weighted by Gasteiger charge is 2.39. The van der Waals surface area contributed by atoms with Crippen molar-refractivity contribution in [2.24, 2.45) is 5.41 Å². The lowest BCUT2D eigenvalue weighted by atomic mass is 9.86. The van der Waals surface area contributed by atoms with Crippen LogP contribution in [-0.4, -0.2) is 23.8 Å². The van der Waals surface area contributed by atoms with E-state index in [1.807, 2.05) is 26.0 Å². The fourth-order valence-electron chi connectivity index (χ4n) is 2.66. The molecule has 2 amide bonds. The second kappa shape index (κ2) is 6.02. The topological polar surface area (TPSA) is 61.4 Å². The largest absolute Gasteiger partial charge is 0.396 e. The third-order valence-electron chi connectivity index (χ3n) is 4.18. The normalized spacial score (nSPS) is 25.5. The first-order valence-electron chi connectivity index (χ1n) is 6.89. The van der Waals surface area contributed by atoms with Crippen molar-refractivity contribution in [3.05, 3.63) is 28.8 Å². The molecule has 3 N–H and O–H groups in total. The van der Waals surface area contributed by atoms with E-state index in [-0.39, 0.29) is 24.1 Å². The van der Waals surface area contributed by atoms with E-state index in [0.717, 1.165) is 24.8 Å². The Morgan fingerprint density at radius 3 is 2.95 bits per heavy atom. The Morgan fingerprint density at radius 2 is 2.30 bits per heavy atom. The van der Waals surface area contributed by atoms with Crippen molar-refractivity contribution in [2.45, 2.75) is 39.2 Å². The summed E-state index contributed by atoms with van der Waals surface area (Å²) >= 11 is 6.03. The molecule has 110 valence electrons. The molecule has 0 aromatic heterocycles. The Hall–Kier alpha value is -1.26. The number of amides is 2. The van der Waals surface area contributed by atoms with Crippen LogP contribution in [0.15, 0.2) is 18.2 Å². The monoisotopic (exact) mass is 296 g/mol. The fourth-order valence-corrected chi connectivity index (χ4v) is 2.84. The molecule has 0 radical (unpaired) electrons. The minimum atomic E-state index is -0.253. The van der Waals surface area contributed by atoms with E-state index in [1.165, 1.54) is 0 Å². The second-order valence-corrected chi connectivity index (χ2v) is 6.23. The van der Waals surface area contributed by atoms with Gasteiger partial charge in [-0.25, -0.2) is 4.79 Å². The van der Waals surface area contributed by atoms with Crippen molar-refractivity contribution in [3.63, 3.8) is 0 Å². The van der Waals surface area contributed by atoms with Gasteiger partial charge in [-0.3, -0.25) is 0 Å². The minimum Gasteiger partial charge on any atom is -0.396 e. The molecular formula is C15H21ClN2O2. The molecule has 1 fully saturated rings. The van der Waals surface area contributed by atoms with Gasteiger partial charge in [0.25, 0.3) is 0 Å². The van der Waals surface area contributed by atoms with Crippen LogP contribution in [0.5, 0.6) is 0 Å². The van der Waals surface area contributed by atoms with Crippen molar-refractivity contribution in [2.75, 3.05) is 11.9 Å². The summed E-state index contributed by atoms with van der Waals surface area (Å²) in [6, 6.07) is 5.17. The van der Waals surface area contributed by atoms with Gasteiger partial charge in [-0.15, -0.1) is 0 Å². The van der Waals surface area contributed by atoms with E-state index in [2.05, 4.69) is 10.6 Å². The number of aryl methyl sites for hydroxylation is 1. The number of hydrogen-bond acceptors (Lipinski definition) is 2. The first kappa shape index (κ1) is 15.1. The molecule has 1 aromatic carbocycles. The maximum atomic E-state index is 12.0. The molecule has 20 heavy (non-hydrogen) atoms. The molecule has 2 atom stereocenters. The molecule has 4 nitrogen and oxygen atoms in total. The average Bonchev–Trinajstić information content (AvgIpc) is 2.76. The summed E-state index contributed by atoms with van der Waals surface area (Å²) in [5.74, 6) is 0. The van der Waals surface area contributed by atoms with Crippen LogP contribution >= 0.6 is 11.6 Å². The molecule has 0 heterocycles. The van der Waals surface area contributed by atoms with Gasteiger partial charge in [0.05, 0.1) is 6.61 Å². The molecule has 2 rings (SSSR count). The molecule has 1 saturated carbocycles. The maximum absolute atomic E-state index is 12.0. The lowest BCUT2D eigenvalue weighted by molar-refractivity contribution is 0.122. The van der Waals surface area contributed by atoms with Crippen LogP contribution in [0, 0.1) is 12.3 Å². The van der Waals surface area contributed by atoms with Crippen LogP contribution in [0.1, 0.15) is 31.7 Å². The van der Waals surface area contributed by atoms with Gasteiger partial charge in [-0.05, 0) is 37.5 Å². The Morgan fingerprint density at radius 1 is 1.55 bits per heavy atom. The first-order valence-corrected chi connectivity index (χ1v) is 7.27. The molecule has 0 bridgehead atoms. The van der Waals surface area contributed by atoms with E-state index in [9.17, 15) is 9.90 Å². The van der Waals surface area contributed by atoms with Gasteiger partial charge in [0.1, 0.15) is 0 Å². The Labute approximate surface area is 124 Å². The predicted octanol–water partition coefficient (Wildman–Crippen LogP) is 3.32. The summed E-state index contributed by atoms with van der Waals surface area (Å²) in [6.07, 6.45) is 2.86. The summed E-state index contributed by atoms with van der Waals surface area (Å²) in [4.78, 5) is 12.0. The van der Waals surface area contributed by atoms with Crippen molar-refractivity contribution in [1.82, 2.24) is 5.32 Å². The van der Waals surface area contributed by atoms with Gasteiger partial charge in [-0.2, -0.15) is 0 Å². The zero-order valence-electron chi connectivity index (χ0n) is 11.9. The molecule has 1 aromatic rings. The maximum Gasteiger partial charge on any atom is 0.319 e. The summed E-state index contributed by atoms with van der Waals surface area (Å²) in [5, 5.41) is 15.8. The number of benzene rings is 1. The molecule has 0 saturated heterocycles. The number of aliphatic hydroxyl groups excluding tert-OH is 1. The van der Waals surface area contributed by atoms with Gasteiger partial charge in [0.2, 0.25) is 0 Å². The number of urea groups is 1. The summed E-state index contributed by atoms with van der Waals surface area (Å²) < 4.78 is 0. The summed E-state index contributed by atoms with van der Waals surface area (Å²) in [7, 11) is 0. The van der Waals surface area contributed by atoms with E-state index in [4.69, 9.17) is 11.6 Å². The van der Waals surface area contributed by atoms with Gasteiger partial charge < -0.3 is 15.7 Å². The van der Waals surface area contributed by atoms with E-state index >= 15 is 0 Å². The Kier molecular flexibility index (Phi) is 4.55. The van der Waals surface area contributed by atoms with E-state index in [1.54, 1.807) is 6.07 Å². The van der Waals surface area contributed by atoms with E-state index < -0.39 is 0 Å². The number of aliphatic hydroxyl groups is 1.